The zero-order valence-electron chi connectivity index (χ0n) is 16.2. The molecule has 0 aliphatic rings. The lowest BCUT2D eigenvalue weighted by Gasteiger charge is -2.25. The molecule has 13 heteroatoms. The maximum atomic E-state index is 12.0. The fourth-order valence-corrected chi connectivity index (χ4v) is 2.42. The Bertz CT molecular complexity index is 598. The van der Waals surface area contributed by atoms with Gasteiger partial charge in [0.25, 0.3) is 5.91 Å². The second-order valence-corrected chi connectivity index (χ2v) is 6.47. The fraction of sp³-hybridized carbons (Fsp3) is 0.706. The van der Waals surface area contributed by atoms with Crippen LogP contribution in [-0.4, -0.2) is 103 Å². The molecule has 0 saturated heterocycles. The van der Waals surface area contributed by atoms with Crippen molar-refractivity contribution >= 4 is 30.2 Å². The molecule has 4 atom stereocenters. The van der Waals surface area contributed by atoms with Crippen molar-refractivity contribution in [2.75, 3.05) is 13.2 Å². The van der Waals surface area contributed by atoms with Crippen molar-refractivity contribution < 1.29 is 54.6 Å². The predicted molar refractivity (Wildman–Crippen MR) is 98.2 cm³/mol. The quantitative estimate of drug-likeness (QED) is 0.107. The molecule has 0 aromatic heterocycles. The van der Waals surface area contributed by atoms with Crippen LogP contribution in [0.25, 0.3) is 0 Å². The van der Waals surface area contributed by atoms with Gasteiger partial charge in [0.2, 0.25) is 5.91 Å². The molecule has 13 nitrogen and oxygen atoms in total. The molecule has 0 fully saturated rings. The average Bonchev–Trinajstić information content (AvgIpc) is 2.70. The molecule has 0 rings (SSSR count). The molecule has 0 bridgehead atoms. The third kappa shape index (κ3) is 9.73. The number of hydrogen-bond acceptors (Lipinski definition) is 9. The van der Waals surface area contributed by atoms with Crippen molar-refractivity contribution in [1.82, 2.24) is 10.2 Å². The Labute approximate surface area is 171 Å². The first-order valence-corrected chi connectivity index (χ1v) is 9.21. The predicted octanol–water partition coefficient (Wildman–Crippen LogP) is -2.32. The number of carbonyl (C=O) groups excluding carboxylic acids is 3. The first kappa shape index (κ1) is 27.4. The zero-order valence-corrected chi connectivity index (χ0v) is 16.2. The van der Waals surface area contributed by atoms with E-state index in [1.54, 1.807) is 0 Å². The highest BCUT2D eigenvalue weighted by atomic mass is 16.4. The molecule has 0 aromatic rings. The number of nitrogens with zero attached hydrogens (tertiary/aromatic N) is 1. The van der Waals surface area contributed by atoms with Gasteiger partial charge >= 0.3 is 12.1 Å². The van der Waals surface area contributed by atoms with E-state index in [4.69, 9.17) is 15.3 Å². The summed E-state index contributed by atoms with van der Waals surface area (Å²) in [4.78, 5) is 56.5. The summed E-state index contributed by atoms with van der Waals surface area (Å²) in [6.45, 7) is -1.30. The minimum atomic E-state index is -2.26. The molecule has 0 radical (unpaired) electrons. The van der Waals surface area contributed by atoms with Crippen LogP contribution in [0.2, 0.25) is 0 Å². The fourth-order valence-electron chi connectivity index (χ4n) is 2.42. The number of hydrogen-bond donors (Lipinski definition) is 7. The molecule has 0 aliphatic heterocycles. The SMILES string of the molecule is O=CCC[C@H](NC(=O)CCCCCN(C(=O)O)C(=O)[C@@H](O)[C@H](O)[C@@H](O)CO)C(=O)O. The van der Waals surface area contributed by atoms with E-state index in [1.807, 2.05) is 0 Å². The summed E-state index contributed by atoms with van der Waals surface area (Å²) in [5, 5.41) is 57.5. The number of aliphatic carboxylic acids is 1. The maximum absolute atomic E-state index is 12.0. The molecular weight excluding hydrogens is 408 g/mol. The van der Waals surface area contributed by atoms with Gasteiger partial charge in [-0.3, -0.25) is 9.59 Å². The highest BCUT2D eigenvalue weighted by Gasteiger charge is 2.35. The van der Waals surface area contributed by atoms with Crippen LogP contribution in [0, 0.1) is 0 Å². The van der Waals surface area contributed by atoms with Gasteiger partial charge in [-0.15, -0.1) is 0 Å². The standard InChI is InChI=1S/C17H28N2O11/c20-8-4-5-10(16(27)28)18-12(23)6-2-1-3-7-19(17(29)30)15(26)14(25)13(24)11(22)9-21/h8,10-11,13-14,21-22,24-25H,1-7,9H2,(H,18,23)(H,27,28)(H,29,30)/t10-,11-,13+,14-/m0/s1. The largest absolute Gasteiger partial charge is 0.480 e. The van der Waals surface area contributed by atoms with Crippen molar-refractivity contribution in [2.45, 2.75) is 62.9 Å². The molecule has 0 aromatic carbocycles. The van der Waals surface area contributed by atoms with Crippen molar-refractivity contribution in [3.05, 3.63) is 0 Å². The molecule has 0 spiro atoms. The smallest absolute Gasteiger partial charge is 0.414 e. The Morgan fingerprint density at radius 2 is 1.63 bits per heavy atom. The van der Waals surface area contributed by atoms with Crippen molar-refractivity contribution in [3.8, 4) is 0 Å². The number of carboxylic acid groups (broad SMARTS) is 2. The van der Waals surface area contributed by atoms with Crippen LogP contribution in [0.1, 0.15) is 38.5 Å². The maximum Gasteiger partial charge on any atom is 0.414 e. The summed E-state index contributed by atoms with van der Waals surface area (Å²) in [5.74, 6) is -3.21. The van der Waals surface area contributed by atoms with Crippen molar-refractivity contribution in [1.29, 1.82) is 0 Å². The van der Waals surface area contributed by atoms with E-state index >= 15 is 0 Å². The summed E-state index contributed by atoms with van der Waals surface area (Å²) in [5.41, 5.74) is 0. The number of aliphatic hydroxyl groups is 4. The van der Waals surface area contributed by atoms with Crippen LogP contribution in [0.15, 0.2) is 0 Å². The van der Waals surface area contributed by atoms with E-state index in [-0.39, 0.29) is 50.0 Å². The molecule has 172 valence electrons. The van der Waals surface area contributed by atoms with Crippen LogP contribution in [-0.2, 0) is 19.2 Å². The van der Waals surface area contributed by atoms with Gasteiger partial charge in [0, 0.05) is 19.4 Å². The molecule has 30 heavy (non-hydrogen) atoms. The third-order valence-corrected chi connectivity index (χ3v) is 4.15. The van der Waals surface area contributed by atoms with E-state index in [0.717, 1.165) is 0 Å². The minimum Gasteiger partial charge on any atom is -0.480 e. The van der Waals surface area contributed by atoms with Gasteiger partial charge in [-0.2, -0.15) is 0 Å². The molecule has 3 amide bonds. The number of amides is 3. The number of imide groups is 1. The Hall–Kier alpha value is -2.61. The number of carbonyl (C=O) groups is 5. The number of aldehydes is 1. The summed E-state index contributed by atoms with van der Waals surface area (Å²) in [7, 11) is 0. The van der Waals surface area contributed by atoms with E-state index in [2.05, 4.69) is 5.32 Å². The number of carboxylic acids is 1. The highest BCUT2D eigenvalue weighted by Crippen LogP contribution is 2.09. The van der Waals surface area contributed by atoms with E-state index in [0.29, 0.717) is 6.29 Å². The Morgan fingerprint density at radius 3 is 2.13 bits per heavy atom. The molecular formula is C17H28N2O11. The zero-order chi connectivity index (χ0) is 23.3. The lowest BCUT2D eigenvalue weighted by Crippen LogP contribution is -2.51. The molecule has 7 N–H and O–H groups in total. The van der Waals surface area contributed by atoms with Gasteiger partial charge in [0.15, 0.2) is 6.10 Å². The second-order valence-electron chi connectivity index (χ2n) is 6.47. The van der Waals surface area contributed by atoms with Gasteiger partial charge in [0.05, 0.1) is 6.61 Å². The summed E-state index contributed by atoms with van der Waals surface area (Å²) < 4.78 is 0. The number of rotatable bonds is 15. The number of aliphatic hydroxyl groups excluding tert-OH is 4. The van der Waals surface area contributed by atoms with Crippen molar-refractivity contribution in [2.24, 2.45) is 0 Å². The monoisotopic (exact) mass is 436 g/mol. The Morgan fingerprint density at radius 1 is 1.00 bits per heavy atom. The van der Waals surface area contributed by atoms with Crippen LogP contribution in [0.3, 0.4) is 0 Å². The third-order valence-electron chi connectivity index (χ3n) is 4.15. The average molecular weight is 436 g/mol. The molecule has 0 unspecified atom stereocenters. The minimum absolute atomic E-state index is 0.0216. The van der Waals surface area contributed by atoms with Crippen LogP contribution in [0.4, 0.5) is 4.79 Å². The summed E-state index contributed by atoms with van der Waals surface area (Å²) in [6, 6.07) is -1.19. The van der Waals surface area contributed by atoms with Gasteiger partial charge < -0.3 is 40.8 Å². The van der Waals surface area contributed by atoms with E-state index < -0.39 is 54.8 Å². The molecule has 0 aliphatic carbocycles. The van der Waals surface area contributed by atoms with E-state index in [1.165, 1.54) is 0 Å². The number of unbranched alkanes of at least 4 members (excludes halogenated alkanes) is 2. The first-order valence-electron chi connectivity index (χ1n) is 9.21. The highest BCUT2D eigenvalue weighted by molar-refractivity contribution is 5.94. The lowest BCUT2D eigenvalue weighted by molar-refractivity contribution is -0.150. The number of nitrogens with one attached hydrogen (secondary N) is 1. The normalized spacial score (nSPS) is 14.8. The second kappa shape index (κ2) is 14.4. The lowest BCUT2D eigenvalue weighted by atomic mass is 10.1. The van der Waals surface area contributed by atoms with Crippen molar-refractivity contribution in [3.63, 3.8) is 0 Å². The Kier molecular flexibility index (Phi) is 13.1. The van der Waals surface area contributed by atoms with Crippen LogP contribution >= 0.6 is 0 Å². The van der Waals surface area contributed by atoms with Gasteiger partial charge in [-0.1, -0.05) is 6.42 Å². The van der Waals surface area contributed by atoms with Gasteiger partial charge in [-0.25, -0.2) is 14.5 Å². The Balaban J connectivity index is 4.47. The van der Waals surface area contributed by atoms with E-state index in [9.17, 15) is 39.3 Å². The summed E-state index contributed by atoms with van der Waals surface area (Å²) >= 11 is 0. The van der Waals surface area contributed by atoms with Crippen LogP contribution in [0.5, 0.6) is 0 Å². The molecule has 0 saturated carbocycles. The molecule has 0 heterocycles. The van der Waals surface area contributed by atoms with Gasteiger partial charge in [-0.05, 0) is 19.3 Å². The van der Waals surface area contributed by atoms with Crippen LogP contribution < -0.4 is 5.32 Å². The first-order chi connectivity index (χ1) is 14.1. The topological polar surface area (TPSA) is 222 Å². The van der Waals surface area contributed by atoms with Gasteiger partial charge in [0.1, 0.15) is 24.5 Å². The summed E-state index contributed by atoms with van der Waals surface area (Å²) in [6.07, 6.45) is -6.79.